The number of hydrogen-bond acceptors (Lipinski definition) is 4. The molecule has 3 aromatic rings. The number of carbonyl (C=O) groups excluding carboxylic acids is 1. The third-order valence-electron chi connectivity index (χ3n) is 4.38. The second-order valence-corrected chi connectivity index (χ2v) is 6.31. The van der Waals surface area contributed by atoms with Crippen molar-refractivity contribution in [2.24, 2.45) is 0 Å². The Balaban J connectivity index is 1.61. The second-order valence-electron chi connectivity index (χ2n) is 5.90. The molecule has 0 radical (unpaired) electrons. The van der Waals surface area contributed by atoms with E-state index in [0.29, 0.717) is 22.0 Å². The number of likely N-dealkylation sites (tertiary alicyclic amines) is 1. The Morgan fingerprint density at radius 2 is 2.25 bits per heavy atom. The number of aliphatic hydroxyl groups is 1. The van der Waals surface area contributed by atoms with E-state index in [2.05, 4.69) is 15.2 Å². The number of β-amino-alcohol motifs (C(OH)–C–C–N with tert-alkyl or cyclic N) is 1. The van der Waals surface area contributed by atoms with Crippen LogP contribution in [0.25, 0.3) is 10.9 Å². The van der Waals surface area contributed by atoms with E-state index in [1.54, 1.807) is 35.5 Å². The van der Waals surface area contributed by atoms with Crippen molar-refractivity contribution in [3.8, 4) is 5.75 Å². The lowest BCUT2D eigenvalue weighted by Gasteiger charge is -2.45. The number of methoxy groups -OCH3 is 1. The number of amides is 1. The average molecular weight is 347 g/mol. The Labute approximate surface area is 142 Å². The number of nitrogens with one attached hydrogen (secondary N) is 2. The quantitative estimate of drug-likeness (QED) is 0.675. The molecule has 0 aliphatic carbocycles. The number of benzene rings is 1. The van der Waals surface area contributed by atoms with Gasteiger partial charge in [-0.05, 0) is 18.2 Å². The second kappa shape index (κ2) is 5.25. The number of H-pyrrole nitrogens is 2. The molecule has 3 heterocycles. The van der Waals surface area contributed by atoms with E-state index < -0.39 is 5.60 Å². The van der Waals surface area contributed by atoms with Crippen molar-refractivity contribution < 1.29 is 14.6 Å². The monoisotopic (exact) mass is 346 g/mol. The van der Waals surface area contributed by atoms with Crippen LogP contribution in [-0.2, 0) is 5.60 Å². The van der Waals surface area contributed by atoms with Crippen molar-refractivity contribution in [3.05, 3.63) is 46.9 Å². The first-order valence-corrected chi connectivity index (χ1v) is 7.76. The van der Waals surface area contributed by atoms with Crippen LogP contribution in [0.15, 0.2) is 30.6 Å². The number of aromatic amines is 2. The first-order chi connectivity index (χ1) is 11.5. The van der Waals surface area contributed by atoms with E-state index >= 15 is 0 Å². The molecule has 0 atom stereocenters. The Morgan fingerprint density at radius 3 is 2.92 bits per heavy atom. The Bertz CT molecular complexity index is 913. The first-order valence-electron chi connectivity index (χ1n) is 7.38. The average Bonchev–Trinajstić information content (AvgIpc) is 3.19. The maximum absolute atomic E-state index is 12.7. The zero-order valence-corrected chi connectivity index (χ0v) is 13.6. The van der Waals surface area contributed by atoms with Crippen molar-refractivity contribution in [2.75, 3.05) is 20.2 Å². The van der Waals surface area contributed by atoms with Gasteiger partial charge in [0.15, 0.2) is 0 Å². The van der Waals surface area contributed by atoms with Crippen LogP contribution in [0.5, 0.6) is 5.75 Å². The summed E-state index contributed by atoms with van der Waals surface area (Å²) in [5, 5.41) is 18.3. The molecule has 1 fully saturated rings. The SMILES string of the molecule is COc1cc2c(C(=O)N3CC(O)(c4ccn[nH]4)C3)c[nH]c2cc1Cl. The first kappa shape index (κ1) is 15.0. The predicted molar refractivity (Wildman–Crippen MR) is 88.2 cm³/mol. The third kappa shape index (κ3) is 2.16. The summed E-state index contributed by atoms with van der Waals surface area (Å²) in [6.45, 7) is 0.427. The number of nitrogens with zero attached hydrogens (tertiary/aromatic N) is 2. The summed E-state index contributed by atoms with van der Waals surface area (Å²) in [4.78, 5) is 17.4. The van der Waals surface area contributed by atoms with Crippen molar-refractivity contribution in [1.82, 2.24) is 20.1 Å². The standard InChI is InChI=1S/C16H15ClN4O3/c1-24-13-4-9-10(6-18-12(9)5-11(13)17)15(22)21-7-16(23,8-21)14-2-3-19-20-14/h2-6,18,23H,7-8H2,1H3,(H,19,20). The molecule has 8 heteroatoms. The highest BCUT2D eigenvalue weighted by Gasteiger charge is 2.46. The summed E-state index contributed by atoms with van der Waals surface area (Å²) in [6.07, 6.45) is 3.23. The highest BCUT2D eigenvalue weighted by atomic mass is 35.5. The number of ether oxygens (including phenoxy) is 1. The zero-order chi connectivity index (χ0) is 16.9. The largest absolute Gasteiger partial charge is 0.495 e. The Kier molecular flexibility index (Phi) is 3.29. The van der Waals surface area contributed by atoms with Gasteiger partial charge in [-0.2, -0.15) is 5.10 Å². The van der Waals surface area contributed by atoms with E-state index in [-0.39, 0.29) is 19.0 Å². The molecule has 7 nitrogen and oxygen atoms in total. The maximum Gasteiger partial charge on any atom is 0.256 e. The number of aromatic nitrogens is 3. The van der Waals surface area contributed by atoms with Crippen LogP contribution in [0.1, 0.15) is 16.1 Å². The van der Waals surface area contributed by atoms with E-state index in [4.69, 9.17) is 16.3 Å². The third-order valence-corrected chi connectivity index (χ3v) is 4.67. The van der Waals surface area contributed by atoms with Gasteiger partial charge in [0.1, 0.15) is 11.4 Å². The van der Waals surface area contributed by atoms with E-state index in [1.807, 2.05) is 0 Å². The Morgan fingerprint density at radius 1 is 1.46 bits per heavy atom. The van der Waals surface area contributed by atoms with Crippen molar-refractivity contribution in [2.45, 2.75) is 5.60 Å². The van der Waals surface area contributed by atoms with Crippen molar-refractivity contribution >= 4 is 28.4 Å². The highest BCUT2D eigenvalue weighted by molar-refractivity contribution is 6.33. The van der Waals surface area contributed by atoms with E-state index in [1.165, 1.54) is 7.11 Å². The zero-order valence-electron chi connectivity index (χ0n) is 12.8. The highest BCUT2D eigenvalue weighted by Crippen LogP contribution is 2.35. The van der Waals surface area contributed by atoms with Gasteiger partial charge >= 0.3 is 0 Å². The van der Waals surface area contributed by atoms with Crippen LogP contribution in [0.2, 0.25) is 5.02 Å². The molecule has 1 aliphatic heterocycles. The van der Waals surface area contributed by atoms with Crippen molar-refractivity contribution in [3.63, 3.8) is 0 Å². The van der Waals surface area contributed by atoms with Crippen LogP contribution >= 0.6 is 11.6 Å². The lowest BCUT2D eigenvalue weighted by Crippen LogP contribution is -2.61. The molecule has 124 valence electrons. The van der Waals surface area contributed by atoms with Gasteiger partial charge in [-0.1, -0.05) is 11.6 Å². The lowest BCUT2D eigenvalue weighted by molar-refractivity contribution is -0.0891. The van der Waals surface area contributed by atoms with Gasteiger partial charge in [-0.3, -0.25) is 9.89 Å². The van der Waals surface area contributed by atoms with Gasteiger partial charge in [0.25, 0.3) is 5.91 Å². The number of fused-ring (bicyclic) bond motifs is 1. The summed E-state index contributed by atoms with van der Waals surface area (Å²) in [5.41, 5.74) is 0.818. The van der Waals surface area contributed by atoms with E-state index in [0.717, 1.165) is 10.9 Å². The number of rotatable bonds is 3. The minimum absolute atomic E-state index is 0.158. The fourth-order valence-corrected chi connectivity index (χ4v) is 3.28. The van der Waals surface area contributed by atoms with Gasteiger partial charge in [-0.15, -0.1) is 0 Å². The molecule has 1 aromatic carbocycles. The fourth-order valence-electron chi connectivity index (χ4n) is 3.04. The Hall–Kier alpha value is -2.51. The van der Waals surface area contributed by atoms with Crippen molar-refractivity contribution in [1.29, 1.82) is 0 Å². The summed E-state index contributed by atoms with van der Waals surface area (Å²) >= 11 is 6.10. The molecule has 0 spiro atoms. The molecule has 1 aliphatic rings. The van der Waals surface area contributed by atoms with Crippen LogP contribution in [0.4, 0.5) is 0 Å². The van der Waals surface area contributed by atoms with Crippen LogP contribution < -0.4 is 4.74 Å². The number of carbonyl (C=O) groups is 1. The predicted octanol–water partition coefficient (Wildman–Crippen LogP) is 1.90. The van der Waals surface area contributed by atoms with Crippen LogP contribution in [0.3, 0.4) is 0 Å². The van der Waals surface area contributed by atoms with Crippen LogP contribution in [0, 0.1) is 0 Å². The molecule has 0 unspecified atom stereocenters. The smallest absolute Gasteiger partial charge is 0.256 e. The fraction of sp³-hybridized carbons (Fsp3) is 0.250. The summed E-state index contributed by atoms with van der Waals surface area (Å²) in [6, 6.07) is 5.17. The molecule has 0 bridgehead atoms. The topological polar surface area (TPSA) is 94.2 Å². The van der Waals surface area contributed by atoms with Gasteiger partial charge in [0.2, 0.25) is 0 Å². The molecule has 1 amide bonds. The summed E-state index contributed by atoms with van der Waals surface area (Å²) in [5.74, 6) is 0.352. The normalized spacial score (nSPS) is 16.2. The van der Waals surface area contributed by atoms with Gasteiger partial charge in [0.05, 0.1) is 36.5 Å². The molecule has 3 N–H and O–H groups in total. The number of halogens is 1. The molecule has 4 rings (SSSR count). The number of hydrogen-bond donors (Lipinski definition) is 3. The minimum atomic E-state index is -1.07. The summed E-state index contributed by atoms with van der Waals surface area (Å²) in [7, 11) is 1.53. The molecule has 1 saturated heterocycles. The van der Waals surface area contributed by atoms with E-state index in [9.17, 15) is 9.90 Å². The van der Waals surface area contributed by atoms with Gasteiger partial charge in [-0.25, -0.2) is 0 Å². The minimum Gasteiger partial charge on any atom is -0.495 e. The molecular formula is C16H15ClN4O3. The lowest BCUT2D eigenvalue weighted by atomic mass is 9.90. The maximum atomic E-state index is 12.7. The van der Waals surface area contributed by atoms with Crippen LogP contribution in [-0.4, -0.2) is 51.3 Å². The molecular weight excluding hydrogens is 332 g/mol. The van der Waals surface area contributed by atoms with Gasteiger partial charge in [0, 0.05) is 23.3 Å². The molecule has 0 saturated carbocycles. The molecule has 2 aromatic heterocycles. The van der Waals surface area contributed by atoms with Gasteiger partial charge < -0.3 is 19.7 Å². The molecule has 24 heavy (non-hydrogen) atoms. The summed E-state index contributed by atoms with van der Waals surface area (Å²) < 4.78 is 5.22.